The highest BCUT2D eigenvalue weighted by Crippen LogP contribution is 2.44. The maximum atomic E-state index is 12.1. The summed E-state index contributed by atoms with van der Waals surface area (Å²) in [4.78, 5) is 34.0. The molecule has 114 valence electrons. The first-order valence-electron chi connectivity index (χ1n) is 6.95. The highest BCUT2D eigenvalue weighted by atomic mass is 16.4. The van der Waals surface area contributed by atoms with Gasteiger partial charge in [-0.05, 0) is 32.1 Å². The van der Waals surface area contributed by atoms with Gasteiger partial charge in [-0.25, -0.2) is 0 Å². The molecular formula is C14H24N2O4. The lowest BCUT2D eigenvalue weighted by atomic mass is 9.79. The van der Waals surface area contributed by atoms with Crippen molar-refractivity contribution in [2.24, 2.45) is 11.1 Å². The standard InChI is InChI=1S/C14H24N2O4/c1-13(2,7-10(15)17)16-11(18)8-14(9-12(19)20)5-3-4-6-14/h3-9H2,1-2H3,(H2,15,17)(H,16,18)(H,19,20). The van der Waals surface area contributed by atoms with Gasteiger partial charge in [-0.15, -0.1) is 0 Å². The second kappa shape index (κ2) is 6.24. The molecule has 0 radical (unpaired) electrons. The monoisotopic (exact) mass is 284 g/mol. The minimum absolute atomic E-state index is 0.0245. The summed E-state index contributed by atoms with van der Waals surface area (Å²) in [5.41, 5.74) is 4.01. The number of nitrogens with one attached hydrogen (secondary N) is 1. The average Bonchev–Trinajstić information content (AvgIpc) is 2.60. The third-order valence-corrected chi connectivity index (χ3v) is 3.82. The molecule has 0 aromatic rings. The Kier molecular flexibility index (Phi) is 5.14. The van der Waals surface area contributed by atoms with Gasteiger partial charge in [-0.1, -0.05) is 12.8 Å². The van der Waals surface area contributed by atoms with Crippen molar-refractivity contribution in [1.29, 1.82) is 0 Å². The molecular weight excluding hydrogens is 260 g/mol. The summed E-state index contributed by atoms with van der Waals surface area (Å²) < 4.78 is 0. The predicted molar refractivity (Wildman–Crippen MR) is 73.8 cm³/mol. The molecule has 1 saturated carbocycles. The summed E-state index contributed by atoms with van der Waals surface area (Å²) >= 11 is 0. The van der Waals surface area contributed by atoms with Crippen LogP contribution < -0.4 is 11.1 Å². The van der Waals surface area contributed by atoms with Crippen LogP contribution in [0.15, 0.2) is 0 Å². The number of carboxylic acids is 1. The molecule has 0 unspecified atom stereocenters. The van der Waals surface area contributed by atoms with E-state index in [1.807, 2.05) is 0 Å². The van der Waals surface area contributed by atoms with Crippen LogP contribution in [0.2, 0.25) is 0 Å². The van der Waals surface area contributed by atoms with Gasteiger partial charge in [0.05, 0.1) is 6.42 Å². The van der Waals surface area contributed by atoms with E-state index in [9.17, 15) is 14.4 Å². The Morgan fingerprint density at radius 3 is 2.20 bits per heavy atom. The van der Waals surface area contributed by atoms with E-state index in [0.717, 1.165) is 25.7 Å². The number of nitrogens with two attached hydrogens (primary N) is 1. The van der Waals surface area contributed by atoms with Crippen LogP contribution in [0.3, 0.4) is 0 Å². The molecule has 0 saturated heterocycles. The van der Waals surface area contributed by atoms with E-state index in [2.05, 4.69) is 5.32 Å². The van der Waals surface area contributed by atoms with Crippen LogP contribution >= 0.6 is 0 Å². The van der Waals surface area contributed by atoms with Crippen molar-refractivity contribution in [3.05, 3.63) is 0 Å². The summed E-state index contributed by atoms with van der Waals surface area (Å²) in [6.45, 7) is 3.46. The molecule has 0 bridgehead atoms. The van der Waals surface area contributed by atoms with Crippen molar-refractivity contribution in [3.63, 3.8) is 0 Å². The summed E-state index contributed by atoms with van der Waals surface area (Å²) in [5, 5.41) is 11.8. The molecule has 20 heavy (non-hydrogen) atoms. The molecule has 0 spiro atoms. The first-order valence-corrected chi connectivity index (χ1v) is 6.95. The smallest absolute Gasteiger partial charge is 0.303 e. The highest BCUT2D eigenvalue weighted by Gasteiger charge is 2.38. The molecule has 0 aromatic heterocycles. The van der Waals surface area contributed by atoms with Crippen LogP contribution in [-0.2, 0) is 14.4 Å². The van der Waals surface area contributed by atoms with Crippen LogP contribution in [0.5, 0.6) is 0 Å². The zero-order valence-corrected chi connectivity index (χ0v) is 12.2. The molecule has 2 amide bonds. The number of hydrogen-bond donors (Lipinski definition) is 3. The maximum absolute atomic E-state index is 12.1. The van der Waals surface area contributed by atoms with Gasteiger partial charge in [0.25, 0.3) is 0 Å². The molecule has 1 fully saturated rings. The van der Waals surface area contributed by atoms with Gasteiger partial charge >= 0.3 is 5.97 Å². The molecule has 1 aliphatic carbocycles. The van der Waals surface area contributed by atoms with Crippen LogP contribution in [0, 0.1) is 5.41 Å². The first-order chi connectivity index (χ1) is 9.14. The van der Waals surface area contributed by atoms with E-state index in [-0.39, 0.29) is 25.2 Å². The first kappa shape index (κ1) is 16.5. The molecule has 6 heteroatoms. The molecule has 0 atom stereocenters. The quantitative estimate of drug-likeness (QED) is 0.652. The van der Waals surface area contributed by atoms with Crippen molar-refractivity contribution in [2.75, 3.05) is 0 Å². The number of amides is 2. The van der Waals surface area contributed by atoms with E-state index < -0.39 is 22.8 Å². The topological polar surface area (TPSA) is 109 Å². The van der Waals surface area contributed by atoms with Crippen molar-refractivity contribution < 1.29 is 19.5 Å². The minimum atomic E-state index is -0.865. The number of rotatable bonds is 7. The lowest BCUT2D eigenvalue weighted by Gasteiger charge is -2.30. The summed E-state index contributed by atoms with van der Waals surface area (Å²) in [6, 6.07) is 0. The number of aliphatic carboxylic acids is 1. The van der Waals surface area contributed by atoms with Crippen molar-refractivity contribution >= 4 is 17.8 Å². The third-order valence-electron chi connectivity index (χ3n) is 3.82. The van der Waals surface area contributed by atoms with Gasteiger partial charge in [-0.2, -0.15) is 0 Å². The predicted octanol–water partition coefficient (Wildman–Crippen LogP) is 1.18. The highest BCUT2D eigenvalue weighted by molar-refractivity contribution is 5.81. The second-order valence-corrected chi connectivity index (χ2v) is 6.53. The van der Waals surface area contributed by atoms with Crippen LogP contribution in [0.25, 0.3) is 0 Å². The number of carbonyl (C=O) groups excluding carboxylic acids is 2. The lowest BCUT2D eigenvalue weighted by molar-refractivity contribution is -0.140. The summed E-state index contributed by atoms with van der Waals surface area (Å²) in [6.07, 6.45) is 3.74. The number of carbonyl (C=O) groups is 3. The zero-order chi connectivity index (χ0) is 15.4. The minimum Gasteiger partial charge on any atom is -0.481 e. The Morgan fingerprint density at radius 1 is 1.20 bits per heavy atom. The van der Waals surface area contributed by atoms with E-state index in [1.54, 1.807) is 13.8 Å². The zero-order valence-electron chi connectivity index (χ0n) is 12.2. The van der Waals surface area contributed by atoms with Crippen LogP contribution in [0.1, 0.15) is 58.8 Å². The van der Waals surface area contributed by atoms with Gasteiger partial charge in [-0.3, -0.25) is 14.4 Å². The fraction of sp³-hybridized carbons (Fsp3) is 0.786. The number of hydrogen-bond acceptors (Lipinski definition) is 3. The Bertz CT molecular complexity index is 398. The molecule has 1 aliphatic rings. The molecule has 0 aromatic carbocycles. The van der Waals surface area contributed by atoms with Crippen LogP contribution in [0.4, 0.5) is 0 Å². The van der Waals surface area contributed by atoms with E-state index in [0.29, 0.717) is 0 Å². The van der Waals surface area contributed by atoms with Crippen LogP contribution in [-0.4, -0.2) is 28.4 Å². The van der Waals surface area contributed by atoms with Gasteiger partial charge < -0.3 is 16.2 Å². The van der Waals surface area contributed by atoms with E-state index in [4.69, 9.17) is 10.8 Å². The van der Waals surface area contributed by atoms with Gasteiger partial charge in [0.1, 0.15) is 0 Å². The second-order valence-electron chi connectivity index (χ2n) is 6.53. The molecule has 4 N–H and O–H groups in total. The Hall–Kier alpha value is -1.59. The van der Waals surface area contributed by atoms with Gasteiger partial charge in [0.15, 0.2) is 0 Å². The maximum Gasteiger partial charge on any atom is 0.303 e. The molecule has 6 nitrogen and oxygen atoms in total. The van der Waals surface area contributed by atoms with Crippen molar-refractivity contribution in [3.8, 4) is 0 Å². The third kappa shape index (κ3) is 5.19. The molecule has 1 rings (SSSR count). The van der Waals surface area contributed by atoms with Gasteiger partial charge in [0, 0.05) is 18.4 Å². The Balaban J connectivity index is 2.63. The molecule has 0 heterocycles. The normalized spacial score (nSPS) is 17.7. The molecule has 0 aliphatic heterocycles. The largest absolute Gasteiger partial charge is 0.481 e. The Morgan fingerprint density at radius 2 is 1.75 bits per heavy atom. The lowest BCUT2D eigenvalue weighted by Crippen LogP contribution is -2.47. The van der Waals surface area contributed by atoms with Gasteiger partial charge in [0.2, 0.25) is 11.8 Å². The number of primary amides is 1. The SMILES string of the molecule is CC(C)(CC(N)=O)NC(=O)CC1(CC(=O)O)CCCC1. The number of carboxylic acid groups (broad SMARTS) is 1. The fourth-order valence-corrected chi connectivity index (χ4v) is 3.10. The summed E-state index contributed by atoms with van der Waals surface area (Å²) in [7, 11) is 0. The van der Waals surface area contributed by atoms with E-state index in [1.165, 1.54) is 0 Å². The van der Waals surface area contributed by atoms with E-state index >= 15 is 0 Å². The fourth-order valence-electron chi connectivity index (χ4n) is 3.10. The summed E-state index contributed by atoms with van der Waals surface area (Å²) in [5.74, 6) is -1.55. The van der Waals surface area contributed by atoms with Crippen molar-refractivity contribution in [2.45, 2.75) is 64.3 Å². The average molecular weight is 284 g/mol. The Labute approximate surface area is 119 Å². The van der Waals surface area contributed by atoms with Crippen molar-refractivity contribution in [1.82, 2.24) is 5.32 Å².